The zero-order valence-corrected chi connectivity index (χ0v) is 13.5. The second-order valence-electron chi connectivity index (χ2n) is 5.50. The first-order valence-corrected chi connectivity index (χ1v) is 8.01. The van der Waals surface area contributed by atoms with E-state index in [2.05, 4.69) is 60.5 Å². The van der Waals surface area contributed by atoms with Gasteiger partial charge in [0, 0.05) is 23.5 Å². The van der Waals surface area contributed by atoms with Crippen LogP contribution in [0.1, 0.15) is 26.0 Å². The first-order chi connectivity index (χ1) is 10.3. The van der Waals surface area contributed by atoms with Crippen LogP contribution in [0.2, 0.25) is 0 Å². The average molecular weight is 285 g/mol. The molecule has 1 atom stereocenters. The fraction of sp³-hybridized carbons (Fsp3) is 0.500. The Morgan fingerprint density at radius 1 is 1.10 bits per heavy atom. The zero-order valence-electron chi connectivity index (χ0n) is 13.5. The molecule has 1 unspecified atom stereocenters. The molecule has 2 aromatic rings. The Labute approximate surface area is 128 Å². The Bertz CT molecular complexity index is 549. The molecule has 2 rings (SSSR count). The number of pyridine rings is 1. The van der Waals surface area contributed by atoms with Crippen LogP contribution in [-0.2, 0) is 6.42 Å². The number of nitrogens with zero attached hydrogens (tertiary/aromatic N) is 2. The van der Waals surface area contributed by atoms with Crippen LogP contribution >= 0.6 is 0 Å². The number of aromatic nitrogens is 1. The van der Waals surface area contributed by atoms with Crippen LogP contribution in [0.25, 0.3) is 10.9 Å². The zero-order chi connectivity index (χ0) is 15.1. The maximum atomic E-state index is 4.78. The molecule has 0 aliphatic carbocycles. The molecule has 0 bridgehead atoms. The fourth-order valence-electron chi connectivity index (χ4n) is 2.70. The molecule has 3 nitrogen and oxygen atoms in total. The van der Waals surface area contributed by atoms with Crippen molar-refractivity contribution in [3.05, 3.63) is 42.1 Å². The molecule has 0 aliphatic heterocycles. The van der Waals surface area contributed by atoms with Crippen LogP contribution in [0.15, 0.2) is 36.4 Å². The van der Waals surface area contributed by atoms with Gasteiger partial charge < -0.3 is 10.2 Å². The van der Waals surface area contributed by atoms with E-state index in [0.29, 0.717) is 6.04 Å². The summed E-state index contributed by atoms with van der Waals surface area (Å²) in [6.45, 7) is 7.85. The average Bonchev–Trinajstić information content (AvgIpc) is 2.54. The molecule has 1 aromatic carbocycles. The highest BCUT2D eigenvalue weighted by molar-refractivity contribution is 5.78. The number of nitrogens with one attached hydrogen (secondary N) is 1. The van der Waals surface area contributed by atoms with E-state index in [0.717, 1.165) is 38.0 Å². The van der Waals surface area contributed by atoms with E-state index < -0.39 is 0 Å². The SMILES string of the molecule is CCN(CC)CCC(Cc1ccc2ccccc2n1)NC. The van der Waals surface area contributed by atoms with Crippen molar-refractivity contribution in [3.8, 4) is 0 Å². The van der Waals surface area contributed by atoms with Gasteiger partial charge in [-0.25, -0.2) is 0 Å². The predicted molar refractivity (Wildman–Crippen MR) is 90.7 cm³/mol. The van der Waals surface area contributed by atoms with Crippen molar-refractivity contribution >= 4 is 10.9 Å². The molecule has 0 fully saturated rings. The molecule has 0 saturated carbocycles. The molecule has 21 heavy (non-hydrogen) atoms. The van der Waals surface area contributed by atoms with Gasteiger partial charge in [0.25, 0.3) is 0 Å². The summed E-state index contributed by atoms with van der Waals surface area (Å²) in [5, 5.41) is 4.65. The number of para-hydroxylation sites is 1. The van der Waals surface area contributed by atoms with E-state index in [1.807, 2.05) is 7.05 Å². The molecule has 0 amide bonds. The number of likely N-dealkylation sites (N-methyl/N-ethyl adjacent to an activating group) is 1. The summed E-state index contributed by atoms with van der Waals surface area (Å²) in [6.07, 6.45) is 2.15. The van der Waals surface area contributed by atoms with E-state index >= 15 is 0 Å². The summed E-state index contributed by atoms with van der Waals surface area (Å²) in [5.41, 5.74) is 2.26. The Kier molecular flexibility index (Phi) is 6.15. The lowest BCUT2D eigenvalue weighted by molar-refractivity contribution is 0.283. The summed E-state index contributed by atoms with van der Waals surface area (Å²) >= 11 is 0. The van der Waals surface area contributed by atoms with Gasteiger partial charge in [-0.2, -0.15) is 0 Å². The quantitative estimate of drug-likeness (QED) is 0.808. The third kappa shape index (κ3) is 4.51. The normalized spacial score (nSPS) is 13.0. The van der Waals surface area contributed by atoms with Crippen LogP contribution in [0.3, 0.4) is 0 Å². The smallest absolute Gasteiger partial charge is 0.0705 e. The van der Waals surface area contributed by atoms with Crippen molar-refractivity contribution < 1.29 is 0 Å². The van der Waals surface area contributed by atoms with Gasteiger partial charge in [0.15, 0.2) is 0 Å². The summed E-state index contributed by atoms with van der Waals surface area (Å²) in [4.78, 5) is 7.25. The molecule has 1 aromatic heterocycles. The molecule has 0 saturated heterocycles. The fourth-order valence-corrected chi connectivity index (χ4v) is 2.70. The van der Waals surface area contributed by atoms with Crippen molar-refractivity contribution in [2.24, 2.45) is 0 Å². The van der Waals surface area contributed by atoms with Gasteiger partial charge in [0.1, 0.15) is 0 Å². The second-order valence-corrected chi connectivity index (χ2v) is 5.50. The van der Waals surface area contributed by atoms with E-state index in [1.165, 1.54) is 11.1 Å². The monoisotopic (exact) mass is 285 g/mol. The van der Waals surface area contributed by atoms with Crippen LogP contribution in [-0.4, -0.2) is 42.6 Å². The number of hydrogen-bond donors (Lipinski definition) is 1. The Morgan fingerprint density at radius 2 is 1.86 bits per heavy atom. The molecule has 0 aliphatic rings. The standard InChI is InChI=1S/C18H27N3/c1-4-21(5-2)13-12-16(19-3)14-17-11-10-15-8-6-7-9-18(15)20-17/h6-11,16,19H,4-5,12-14H2,1-3H3. The van der Waals surface area contributed by atoms with E-state index in [4.69, 9.17) is 4.98 Å². The minimum Gasteiger partial charge on any atom is -0.317 e. The third-order valence-corrected chi connectivity index (χ3v) is 4.21. The minimum absolute atomic E-state index is 0.485. The van der Waals surface area contributed by atoms with Crippen molar-refractivity contribution in [1.29, 1.82) is 0 Å². The van der Waals surface area contributed by atoms with Crippen molar-refractivity contribution in [2.75, 3.05) is 26.7 Å². The lowest BCUT2D eigenvalue weighted by Gasteiger charge is -2.22. The number of hydrogen-bond acceptors (Lipinski definition) is 3. The highest BCUT2D eigenvalue weighted by Crippen LogP contribution is 2.13. The molecule has 114 valence electrons. The highest BCUT2D eigenvalue weighted by Gasteiger charge is 2.10. The van der Waals surface area contributed by atoms with Crippen molar-refractivity contribution in [1.82, 2.24) is 15.2 Å². The van der Waals surface area contributed by atoms with Crippen molar-refractivity contribution in [3.63, 3.8) is 0 Å². The Morgan fingerprint density at radius 3 is 2.57 bits per heavy atom. The molecule has 0 spiro atoms. The molecular weight excluding hydrogens is 258 g/mol. The third-order valence-electron chi connectivity index (χ3n) is 4.21. The summed E-state index contributed by atoms with van der Waals surface area (Å²) in [5.74, 6) is 0. The molecule has 3 heteroatoms. The largest absolute Gasteiger partial charge is 0.317 e. The van der Waals surface area contributed by atoms with Gasteiger partial charge in [0.2, 0.25) is 0 Å². The van der Waals surface area contributed by atoms with Crippen LogP contribution in [0.5, 0.6) is 0 Å². The Balaban J connectivity index is 1.99. The number of benzene rings is 1. The van der Waals surface area contributed by atoms with Gasteiger partial charge >= 0.3 is 0 Å². The van der Waals surface area contributed by atoms with Crippen LogP contribution in [0.4, 0.5) is 0 Å². The van der Waals surface area contributed by atoms with Gasteiger partial charge in [-0.05, 0) is 45.2 Å². The lowest BCUT2D eigenvalue weighted by atomic mass is 10.1. The minimum atomic E-state index is 0.485. The van der Waals surface area contributed by atoms with Crippen molar-refractivity contribution in [2.45, 2.75) is 32.7 Å². The van der Waals surface area contributed by atoms with Gasteiger partial charge in [-0.15, -0.1) is 0 Å². The predicted octanol–water partition coefficient (Wildman–Crippen LogP) is 3.10. The topological polar surface area (TPSA) is 28.2 Å². The maximum absolute atomic E-state index is 4.78. The lowest BCUT2D eigenvalue weighted by Crippen LogP contribution is -2.34. The van der Waals surface area contributed by atoms with Gasteiger partial charge in [0.05, 0.1) is 5.52 Å². The maximum Gasteiger partial charge on any atom is 0.0705 e. The second kappa shape index (κ2) is 8.11. The number of fused-ring (bicyclic) bond motifs is 1. The number of rotatable bonds is 8. The summed E-state index contributed by atoms with van der Waals surface area (Å²) < 4.78 is 0. The molecular formula is C18H27N3. The van der Waals surface area contributed by atoms with E-state index in [9.17, 15) is 0 Å². The first-order valence-electron chi connectivity index (χ1n) is 8.01. The first kappa shape index (κ1) is 15.9. The summed E-state index contributed by atoms with van der Waals surface area (Å²) in [7, 11) is 2.05. The van der Waals surface area contributed by atoms with Crippen LogP contribution in [0, 0.1) is 0 Å². The molecule has 0 radical (unpaired) electrons. The van der Waals surface area contributed by atoms with E-state index in [1.54, 1.807) is 0 Å². The van der Waals surface area contributed by atoms with Crippen LogP contribution < -0.4 is 5.32 Å². The Hall–Kier alpha value is -1.45. The molecule has 1 heterocycles. The highest BCUT2D eigenvalue weighted by atomic mass is 15.1. The van der Waals surface area contributed by atoms with Gasteiger partial charge in [-0.1, -0.05) is 38.1 Å². The van der Waals surface area contributed by atoms with E-state index in [-0.39, 0.29) is 0 Å². The summed E-state index contributed by atoms with van der Waals surface area (Å²) in [6, 6.07) is 13.1. The van der Waals surface area contributed by atoms with Gasteiger partial charge in [-0.3, -0.25) is 4.98 Å². The molecule has 1 N–H and O–H groups in total.